The summed E-state index contributed by atoms with van der Waals surface area (Å²) in [6.45, 7) is 6.20. The van der Waals surface area contributed by atoms with Crippen molar-refractivity contribution in [1.29, 1.82) is 0 Å². The molecule has 0 bridgehead atoms. The van der Waals surface area contributed by atoms with Crippen molar-refractivity contribution in [2.45, 2.75) is 32.9 Å². The molecule has 1 aliphatic rings. The van der Waals surface area contributed by atoms with Crippen LogP contribution in [0.15, 0.2) is 53.9 Å². The highest BCUT2D eigenvalue weighted by molar-refractivity contribution is 5.80. The van der Waals surface area contributed by atoms with Crippen LogP contribution in [0.4, 0.5) is 14.6 Å². The number of aryl methyl sites for hydroxylation is 1. The summed E-state index contributed by atoms with van der Waals surface area (Å²) in [5, 5.41) is 6.63. The number of imidazole rings is 1. The SMILES string of the molecule is CCNC(=NCc1ccc(-n2ccnc2C)c(F)c1)NC1CCN(c2ncccc2F)C1. The van der Waals surface area contributed by atoms with E-state index in [9.17, 15) is 8.78 Å². The molecular weight excluding hydrogens is 412 g/mol. The van der Waals surface area contributed by atoms with E-state index in [1.807, 2.05) is 24.8 Å². The van der Waals surface area contributed by atoms with Crippen LogP contribution in [0.5, 0.6) is 0 Å². The largest absolute Gasteiger partial charge is 0.357 e. The van der Waals surface area contributed by atoms with Gasteiger partial charge < -0.3 is 20.1 Å². The van der Waals surface area contributed by atoms with E-state index in [2.05, 4.69) is 25.6 Å². The van der Waals surface area contributed by atoms with Crippen LogP contribution < -0.4 is 15.5 Å². The lowest BCUT2D eigenvalue weighted by molar-refractivity contribution is 0.611. The molecule has 7 nitrogen and oxygen atoms in total. The zero-order valence-electron chi connectivity index (χ0n) is 18.2. The number of benzene rings is 1. The predicted molar refractivity (Wildman–Crippen MR) is 121 cm³/mol. The number of hydrogen-bond acceptors (Lipinski definition) is 4. The smallest absolute Gasteiger partial charge is 0.191 e. The summed E-state index contributed by atoms with van der Waals surface area (Å²) < 4.78 is 30.4. The Labute approximate surface area is 186 Å². The molecule has 2 N–H and O–H groups in total. The molecule has 4 rings (SSSR count). The molecule has 1 aliphatic heterocycles. The lowest BCUT2D eigenvalue weighted by atomic mass is 10.2. The zero-order chi connectivity index (χ0) is 22.5. The van der Waals surface area contributed by atoms with Crippen molar-refractivity contribution in [3.05, 3.63) is 71.9 Å². The molecule has 1 atom stereocenters. The Bertz CT molecular complexity index is 1100. The van der Waals surface area contributed by atoms with E-state index >= 15 is 0 Å². The van der Waals surface area contributed by atoms with E-state index < -0.39 is 0 Å². The summed E-state index contributed by atoms with van der Waals surface area (Å²) >= 11 is 0. The molecule has 0 spiro atoms. The van der Waals surface area contributed by atoms with Gasteiger partial charge in [-0.2, -0.15) is 0 Å². The molecule has 1 fully saturated rings. The molecule has 9 heteroatoms. The molecule has 0 radical (unpaired) electrons. The maximum Gasteiger partial charge on any atom is 0.191 e. The van der Waals surface area contributed by atoms with Crippen molar-refractivity contribution in [1.82, 2.24) is 25.2 Å². The standard InChI is InChI=1S/C23H27F2N7/c1-3-26-23(30-18-8-11-31(15-18)22-19(24)5-4-9-28-22)29-14-17-6-7-21(20(25)13-17)32-12-10-27-16(32)2/h4-7,9-10,12-13,18H,3,8,11,14-15H2,1-2H3,(H2,26,29,30). The van der Waals surface area contributed by atoms with Crippen molar-refractivity contribution in [2.24, 2.45) is 4.99 Å². The van der Waals surface area contributed by atoms with E-state index in [1.54, 1.807) is 35.3 Å². The Kier molecular flexibility index (Phi) is 6.63. The average Bonchev–Trinajstić information content (AvgIpc) is 3.42. The number of anilines is 1. The fourth-order valence-corrected chi connectivity index (χ4v) is 3.84. The molecule has 1 saturated heterocycles. The molecule has 168 valence electrons. The van der Waals surface area contributed by atoms with E-state index in [4.69, 9.17) is 0 Å². The second-order valence-corrected chi connectivity index (χ2v) is 7.71. The third-order valence-corrected chi connectivity index (χ3v) is 5.43. The molecule has 1 aromatic carbocycles. The van der Waals surface area contributed by atoms with Crippen LogP contribution in [0.25, 0.3) is 5.69 Å². The first kappa shape index (κ1) is 21.7. The number of halogens is 2. The van der Waals surface area contributed by atoms with Gasteiger partial charge in [-0.05, 0) is 50.1 Å². The minimum Gasteiger partial charge on any atom is -0.357 e. The van der Waals surface area contributed by atoms with Crippen molar-refractivity contribution in [3.63, 3.8) is 0 Å². The summed E-state index contributed by atoms with van der Waals surface area (Å²) in [6.07, 6.45) is 5.82. The number of guanidine groups is 1. The van der Waals surface area contributed by atoms with Gasteiger partial charge in [-0.1, -0.05) is 6.07 Å². The Balaban J connectivity index is 1.41. The molecule has 32 heavy (non-hydrogen) atoms. The van der Waals surface area contributed by atoms with Gasteiger partial charge in [0.15, 0.2) is 17.6 Å². The zero-order valence-corrected chi connectivity index (χ0v) is 18.2. The fourth-order valence-electron chi connectivity index (χ4n) is 3.84. The first-order valence-electron chi connectivity index (χ1n) is 10.7. The number of pyridine rings is 1. The maximum atomic E-state index is 14.7. The minimum absolute atomic E-state index is 0.109. The summed E-state index contributed by atoms with van der Waals surface area (Å²) in [7, 11) is 0. The van der Waals surface area contributed by atoms with E-state index in [0.717, 1.165) is 17.8 Å². The van der Waals surface area contributed by atoms with E-state index in [1.165, 1.54) is 12.1 Å². The second-order valence-electron chi connectivity index (χ2n) is 7.71. The van der Waals surface area contributed by atoms with Gasteiger partial charge in [-0.3, -0.25) is 0 Å². The van der Waals surface area contributed by atoms with Crippen LogP contribution in [-0.4, -0.2) is 46.2 Å². The van der Waals surface area contributed by atoms with Crippen LogP contribution in [0.2, 0.25) is 0 Å². The van der Waals surface area contributed by atoms with Crippen LogP contribution in [0.3, 0.4) is 0 Å². The lowest BCUT2D eigenvalue weighted by Gasteiger charge is -2.20. The van der Waals surface area contributed by atoms with Crippen molar-refractivity contribution in [3.8, 4) is 5.69 Å². The number of nitrogens with one attached hydrogen (secondary N) is 2. The normalized spacial score (nSPS) is 16.4. The number of aromatic nitrogens is 3. The predicted octanol–water partition coefficient (Wildman–Crippen LogP) is 3.19. The van der Waals surface area contributed by atoms with Crippen LogP contribution in [-0.2, 0) is 6.54 Å². The van der Waals surface area contributed by atoms with E-state index in [-0.39, 0.29) is 17.7 Å². The van der Waals surface area contributed by atoms with Gasteiger partial charge in [0, 0.05) is 44.3 Å². The van der Waals surface area contributed by atoms with Gasteiger partial charge in [0.25, 0.3) is 0 Å². The highest BCUT2D eigenvalue weighted by Crippen LogP contribution is 2.21. The molecular formula is C23H27F2N7. The lowest BCUT2D eigenvalue weighted by Crippen LogP contribution is -2.44. The number of hydrogen-bond donors (Lipinski definition) is 2. The summed E-state index contributed by atoms with van der Waals surface area (Å²) in [5.41, 5.74) is 1.23. The third kappa shape index (κ3) is 4.87. The Morgan fingerprint density at radius 2 is 2.06 bits per heavy atom. The van der Waals surface area contributed by atoms with Crippen LogP contribution >= 0.6 is 0 Å². The monoisotopic (exact) mass is 439 g/mol. The number of nitrogens with zero attached hydrogens (tertiary/aromatic N) is 5. The summed E-state index contributed by atoms with van der Waals surface area (Å²) in [4.78, 5) is 14.9. The van der Waals surface area contributed by atoms with Gasteiger partial charge in [0.05, 0.1) is 12.2 Å². The van der Waals surface area contributed by atoms with Gasteiger partial charge in [-0.25, -0.2) is 23.7 Å². The maximum absolute atomic E-state index is 14.7. The molecule has 0 amide bonds. The summed E-state index contributed by atoms with van der Waals surface area (Å²) in [6, 6.07) is 8.23. The second kappa shape index (κ2) is 9.76. The Hall–Kier alpha value is -3.49. The van der Waals surface area contributed by atoms with Crippen LogP contribution in [0.1, 0.15) is 24.7 Å². The van der Waals surface area contributed by atoms with Crippen molar-refractivity contribution < 1.29 is 8.78 Å². The first-order chi connectivity index (χ1) is 15.5. The fraction of sp³-hybridized carbons (Fsp3) is 0.348. The topological polar surface area (TPSA) is 70.4 Å². The molecule has 1 unspecified atom stereocenters. The third-order valence-electron chi connectivity index (χ3n) is 5.43. The van der Waals surface area contributed by atoms with Crippen molar-refractivity contribution in [2.75, 3.05) is 24.5 Å². The Morgan fingerprint density at radius 3 is 2.78 bits per heavy atom. The van der Waals surface area contributed by atoms with Gasteiger partial charge >= 0.3 is 0 Å². The molecule has 3 heterocycles. The number of rotatable bonds is 6. The van der Waals surface area contributed by atoms with Crippen molar-refractivity contribution >= 4 is 11.8 Å². The molecule has 2 aromatic heterocycles. The minimum atomic E-state index is -0.319. The van der Waals surface area contributed by atoms with Gasteiger partial charge in [0.2, 0.25) is 0 Å². The Morgan fingerprint density at radius 1 is 1.19 bits per heavy atom. The average molecular weight is 440 g/mol. The highest BCUT2D eigenvalue weighted by Gasteiger charge is 2.26. The highest BCUT2D eigenvalue weighted by atomic mass is 19.1. The molecule has 3 aromatic rings. The first-order valence-corrected chi connectivity index (χ1v) is 10.7. The molecule has 0 aliphatic carbocycles. The van der Waals surface area contributed by atoms with Crippen LogP contribution in [0, 0.1) is 18.6 Å². The molecule has 0 saturated carbocycles. The van der Waals surface area contributed by atoms with Gasteiger partial charge in [0.1, 0.15) is 11.6 Å². The van der Waals surface area contributed by atoms with E-state index in [0.29, 0.717) is 43.6 Å². The quantitative estimate of drug-likeness (QED) is 0.456. The summed E-state index contributed by atoms with van der Waals surface area (Å²) in [5.74, 6) is 1.12. The van der Waals surface area contributed by atoms with Gasteiger partial charge in [-0.15, -0.1) is 0 Å². The number of aliphatic imine (C=N–C) groups is 1.